The maximum atomic E-state index is 13.1. The molecule has 2 atom stereocenters. The first-order chi connectivity index (χ1) is 15.4. The Balaban J connectivity index is 1.71. The van der Waals surface area contributed by atoms with Gasteiger partial charge in [0.05, 0.1) is 28.6 Å². The van der Waals surface area contributed by atoms with E-state index in [2.05, 4.69) is 45.2 Å². The quantitative estimate of drug-likeness (QED) is 0.609. The second kappa shape index (κ2) is 9.51. The summed E-state index contributed by atoms with van der Waals surface area (Å²) in [6, 6.07) is 2.15. The molecular weight excluding hydrogens is 430 g/mol. The number of hydrogen-bond donors (Lipinski definition) is 2. The number of halogens is 2. The van der Waals surface area contributed by atoms with E-state index in [9.17, 15) is 19.1 Å². The van der Waals surface area contributed by atoms with Crippen LogP contribution in [0.1, 0.15) is 63.8 Å². The van der Waals surface area contributed by atoms with Crippen LogP contribution in [0.5, 0.6) is 5.88 Å². The van der Waals surface area contributed by atoms with Gasteiger partial charge < -0.3 is 15.2 Å². The molecule has 1 aliphatic rings. The Labute approximate surface area is 192 Å². The minimum Gasteiger partial charge on any atom is -0.471 e. The standard InChI is InChI=1S/C23H30F2N6O2/c1-21(2)8-15(5-6-22(21,3)32)7-18-16(9-26)11-28-20(31-18)29-12-17-10-27-14-30-19(17)33-13-23(4,24)25/h10-11,14-15,32H,5-8,12-13H2,1-4H3,(H,28,29,31)/t15-,22+/m0/s1. The average Bonchev–Trinajstić information content (AvgIpc) is 2.73. The number of alkyl halides is 2. The second-order valence-electron chi connectivity index (χ2n) is 9.70. The van der Waals surface area contributed by atoms with E-state index in [1.807, 2.05) is 6.92 Å². The Kier molecular flexibility index (Phi) is 7.12. The summed E-state index contributed by atoms with van der Waals surface area (Å²) in [4.78, 5) is 16.6. The van der Waals surface area contributed by atoms with Crippen LogP contribution in [0.3, 0.4) is 0 Å². The van der Waals surface area contributed by atoms with Gasteiger partial charge in [-0.15, -0.1) is 0 Å². The molecule has 8 nitrogen and oxygen atoms in total. The lowest BCUT2D eigenvalue weighted by Gasteiger charge is -2.47. The molecule has 2 N–H and O–H groups in total. The van der Waals surface area contributed by atoms with E-state index in [0.717, 1.165) is 19.8 Å². The molecule has 0 spiro atoms. The van der Waals surface area contributed by atoms with Crippen molar-refractivity contribution in [2.24, 2.45) is 11.3 Å². The van der Waals surface area contributed by atoms with Crippen molar-refractivity contribution in [2.75, 3.05) is 11.9 Å². The summed E-state index contributed by atoms with van der Waals surface area (Å²) < 4.78 is 31.4. The number of ether oxygens (including phenoxy) is 1. The summed E-state index contributed by atoms with van der Waals surface area (Å²) in [6.45, 7) is 6.15. The van der Waals surface area contributed by atoms with Crippen LogP contribution in [-0.4, -0.2) is 43.2 Å². The summed E-state index contributed by atoms with van der Waals surface area (Å²) in [7, 11) is 0. The summed E-state index contributed by atoms with van der Waals surface area (Å²) in [5.41, 5.74) is 0.568. The van der Waals surface area contributed by atoms with E-state index in [-0.39, 0.29) is 23.8 Å². The molecule has 10 heteroatoms. The van der Waals surface area contributed by atoms with Gasteiger partial charge in [0.1, 0.15) is 12.4 Å². The smallest absolute Gasteiger partial charge is 0.278 e. The van der Waals surface area contributed by atoms with Gasteiger partial charge in [0.2, 0.25) is 11.8 Å². The van der Waals surface area contributed by atoms with Crippen molar-refractivity contribution in [3.8, 4) is 11.9 Å². The molecule has 0 aliphatic heterocycles. The number of aliphatic hydroxyl groups is 1. The maximum absolute atomic E-state index is 13.1. The van der Waals surface area contributed by atoms with Crippen LogP contribution in [0.4, 0.5) is 14.7 Å². The van der Waals surface area contributed by atoms with Crippen molar-refractivity contribution in [3.63, 3.8) is 0 Å². The Morgan fingerprint density at radius 2 is 2.06 bits per heavy atom. The fourth-order valence-corrected chi connectivity index (χ4v) is 4.03. The van der Waals surface area contributed by atoms with E-state index in [0.29, 0.717) is 35.6 Å². The maximum Gasteiger partial charge on any atom is 0.278 e. The van der Waals surface area contributed by atoms with Gasteiger partial charge in [0.15, 0.2) is 6.61 Å². The van der Waals surface area contributed by atoms with Crippen LogP contribution < -0.4 is 10.1 Å². The highest BCUT2D eigenvalue weighted by Crippen LogP contribution is 2.46. The lowest BCUT2D eigenvalue weighted by molar-refractivity contribution is -0.0958. The fourth-order valence-electron chi connectivity index (χ4n) is 4.03. The number of hydrogen-bond acceptors (Lipinski definition) is 8. The molecule has 0 unspecified atom stereocenters. The zero-order valence-corrected chi connectivity index (χ0v) is 19.4. The van der Waals surface area contributed by atoms with Crippen molar-refractivity contribution in [2.45, 2.75) is 71.4 Å². The monoisotopic (exact) mass is 460 g/mol. The summed E-state index contributed by atoms with van der Waals surface area (Å²) in [6.07, 6.45) is 7.14. The van der Waals surface area contributed by atoms with E-state index in [1.54, 1.807) is 0 Å². The molecule has 0 radical (unpaired) electrons. The van der Waals surface area contributed by atoms with E-state index in [1.165, 1.54) is 18.7 Å². The molecule has 178 valence electrons. The lowest BCUT2D eigenvalue weighted by atomic mass is 9.62. The zero-order valence-electron chi connectivity index (χ0n) is 19.4. The SMILES string of the molecule is CC(F)(F)COc1ncncc1CNc1ncc(C#N)c(C[C@@H]2CC[C@@](C)(O)C(C)(C)C2)n1. The molecule has 2 aromatic heterocycles. The number of nitrogens with zero attached hydrogens (tertiary/aromatic N) is 5. The van der Waals surface area contributed by atoms with Crippen molar-refractivity contribution in [1.29, 1.82) is 5.26 Å². The molecule has 1 saturated carbocycles. The minimum atomic E-state index is -2.98. The largest absolute Gasteiger partial charge is 0.471 e. The van der Waals surface area contributed by atoms with Crippen LogP contribution in [0, 0.1) is 22.7 Å². The van der Waals surface area contributed by atoms with Gasteiger partial charge in [-0.2, -0.15) is 5.26 Å². The zero-order chi connectivity index (χ0) is 24.3. The Hall–Kier alpha value is -2.93. The molecule has 33 heavy (non-hydrogen) atoms. The van der Waals surface area contributed by atoms with Crippen molar-refractivity contribution >= 4 is 5.95 Å². The topological polar surface area (TPSA) is 117 Å². The number of nitrogens with one attached hydrogen (secondary N) is 1. The molecule has 1 fully saturated rings. The third kappa shape index (κ3) is 6.32. The highest BCUT2D eigenvalue weighted by molar-refractivity contribution is 5.38. The third-order valence-electron chi connectivity index (χ3n) is 6.41. The summed E-state index contributed by atoms with van der Waals surface area (Å²) in [5.74, 6) is -2.33. The van der Waals surface area contributed by atoms with Gasteiger partial charge in [-0.1, -0.05) is 13.8 Å². The Bertz CT molecular complexity index is 1020. The summed E-state index contributed by atoms with van der Waals surface area (Å²) in [5, 5.41) is 23.2. The Morgan fingerprint density at radius 3 is 2.73 bits per heavy atom. The fraction of sp³-hybridized carbons (Fsp3) is 0.609. The van der Waals surface area contributed by atoms with Gasteiger partial charge in [-0.25, -0.2) is 28.7 Å². The second-order valence-corrected chi connectivity index (χ2v) is 9.70. The number of rotatable bonds is 8. The molecule has 1 aliphatic carbocycles. The van der Waals surface area contributed by atoms with Crippen molar-refractivity contribution in [3.05, 3.63) is 35.5 Å². The lowest BCUT2D eigenvalue weighted by Crippen LogP contribution is -2.47. The predicted molar refractivity (Wildman–Crippen MR) is 118 cm³/mol. The van der Waals surface area contributed by atoms with E-state index < -0.39 is 18.1 Å². The molecule has 0 aromatic carbocycles. The third-order valence-corrected chi connectivity index (χ3v) is 6.41. The van der Waals surface area contributed by atoms with Gasteiger partial charge in [-0.05, 0) is 43.9 Å². The number of nitriles is 1. The van der Waals surface area contributed by atoms with Crippen LogP contribution in [-0.2, 0) is 13.0 Å². The first-order valence-electron chi connectivity index (χ1n) is 10.9. The predicted octanol–water partition coefficient (Wildman–Crippen LogP) is 3.90. The van der Waals surface area contributed by atoms with Crippen molar-refractivity contribution < 1.29 is 18.6 Å². The van der Waals surface area contributed by atoms with Gasteiger partial charge in [-0.3, -0.25) is 0 Å². The highest BCUT2D eigenvalue weighted by atomic mass is 19.3. The normalized spacial score (nSPS) is 22.4. The molecule has 0 saturated heterocycles. The van der Waals surface area contributed by atoms with Gasteiger partial charge in [0.25, 0.3) is 5.92 Å². The molecule has 3 rings (SSSR count). The molecule has 0 bridgehead atoms. The van der Waals surface area contributed by atoms with Gasteiger partial charge >= 0.3 is 0 Å². The first-order valence-corrected chi connectivity index (χ1v) is 10.9. The van der Waals surface area contributed by atoms with Crippen LogP contribution in [0.2, 0.25) is 0 Å². The van der Waals surface area contributed by atoms with Gasteiger partial charge in [0, 0.05) is 19.7 Å². The molecule has 2 heterocycles. The van der Waals surface area contributed by atoms with E-state index >= 15 is 0 Å². The van der Waals surface area contributed by atoms with Crippen LogP contribution >= 0.6 is 0 Å². The Morgan fingerprint density at radius 1 is 1.30 bits per heavy atom. The average molecular weight is 461 g/mol. The number of aromatic nitrogens is 4. The van der Waals surface area contributed by atoms with Crippen LogP contribution in [0.15, 0.2) is 18.7 Å². The van der Waals surface area contributed by atoms with Crippen LogP contribution in [0.25, 0.3) is 0 Å². The van der Waals surface area contributed by atoms with Crippen molar-refractivity contribution in [1.82, 2.24) is 19.9 Å². The highest BCUT2D eigenvalue weighted by Gasteiger charge is 2.44. The van der Waals surface area contributed by atoms with E-state index in [4.69, 9.17) is 4.74 Å². The molecule has 0 amide bonds. The summed E-state index contributed by atoms with van der Waals surface area (Å²) >= 11 is 0. The minimum absolute atomic E-state index is 0.0596. The molecular formula is C23H30F2N6O2. The molecule has 2 aromatic rings. The number of anilines is 1. The first kappa shape index (κ1) is 24.7.